The average molecular weight is 318 g/mol. The number of nitriles is 1. The van der Waals surface area contributed by atoms with Crippen LogP contribution in [0.15, 0.2) is 42.6 Å². The van der Waals surface area contributed by atoms with Crippen molar-refractivity contribution >= 4 is 0 Å². The Kier molecular flexibility index (Phi) is 3.39. The number of hydrogen-bond donors (Lipinski definition) is 0. The van der Waals surface area contributed by atoms with Crippen molar-refractivity contribution in [2.75, 3.05) is 6.79 Å². The van der Waals surface area contributed by atoms with Gasteiger partial charge in [0.2, 0.25) is 6.79 Å². The van der Waals surface area contributed by atoms with Crippen LogP contribution in [0, 0.1) is 18.3 Å². The average Bonchev–Trinajstić information content (AvgIpc) is 3.21. The van der Waals surface area contributed by atoms with E-state index in [1.54, 1.807) is 4.68 Å². The van der Waals surface area contributed by atoms with Gasteiger partial charge in [-0.2, -0.15) is 10.4 Å². The van der Waals surface area contributed by atoms with Crippen molar-refractivity contribution in [2.24, 2.45) is 0 Å². The molecule has 0 fully saturated rings. The van der Waals surface area contributed by atoms with Gasteiger partial charge in [0.05, 0.1) is 11.8 Å². The molecule has 118 valence electrons. The van der Waals surface area contributed by atoms with Crippen molar-refractivity contribution in [3.8, 4) is 40.1 Å². The van der Waals surface area contributed by atoms with Crippen molar-refractivity contribution < 1.29 is 9.47 Å². The maximum Gasteiger partial charge on any atom is 0.231 e. The molecule has 0 aliphatic carbocycles. The van der Waals surface area contributed by atoms with Crippen LogP contribution >= 0.6 is 0 Å². The molecular weight excluding hydrogens is 304 g/mol. The third kappa shape index (κ3) is 2.46. The van der Waals surface area contributed by atoms with Gasteiger partial charge in [-0.3, -0.25) is 9.67 Å². The smallest absolute Gasteiger partial charge is 0.231 e. The predicted molar refractivity (Wildman–Crippen MR) is 87.4 cm³/mol. The summed E-state index contributed by atoms with van der Waals surface area (Å²) < 4.78 is 12.5. The van der Waals surface area contributed by atoms with E-state index in [0.717, 1.165) is 34.0 Å². The van der Waals surface area contributed by atoms with Crippen molar-refractivity contribution in [1.29, 1.82) is 5.26 Å². The maximum absolute atomic E-state index is 8.97. The molecular formula is C18H14N4O2. The lowest BCUT2D eigenvalue weighted by atomic mass is 10.0. The molecule has 24 heavy (non-hydrogen) atoms. The monoisotopic (exact) mass is 318 g/mol. The van der Waals surface area contributed by atoms with Gasteiger partial charge in [-0.1, -0.05) is 12.1 Å². The van der Waals surface area contributed by atoms with E-state index in [0.29, 0.717) is 5.75 Å². The molecule has 0 atom stereocenters. The molecule has 0 spiro atoms. The minimum Gasteiger partial charge on any atom is -0.454 e. The van der Waals surface area contributed by atoms with Gasteiger partial charge in [0.1, 0.15) is 12.2 Å². The summed E-state index contributed by atoms with van der Waals surface area (Å²) in [6.45, 7) is 2.36. The van der Waals surface area contributed by atoms with Gasteiger partial charge in [-0.05, 0) is 36.8 Å². The molecule has 0 saturated heterocycles. The Morgan fingerprint density at radius 1 is 1.21 bits per heavy atom. The zero-order valence-electron chi connectivity index (χ0n) is 13.1. The van der Waals surface area contributed by atoms with Gasteiger partial charge in [0, 0.05) is 17.5 Å². The maximum atomic E-state index is 8.97. The number of benzene rings is 1. The van der Waals surface area contributed by atoms with Crippen LogP contribution in [0.1, 0.15) is 5.69 Å². The summed E-state index contributed by atoms with van der Waals surface area (Å²) in [5.74, 6) is 1.45. The molecule has 4 rings (SSSR count). The van der Waals surface area contributed by atoms with Gasteiger partial charge in [-0.25, -0.2) is 0 Å². The van der Waals surface area contributed by atoms with Crippen LogP contribution < -0.4 is 9.47 Å². The fraction of sp³-hybridized carbons (Fsp3) is 0.167. The second-order valence-electron chi connectivity index (χ2n) is 5.48. The number of rotatable bonds is 3. The van der Waals surface area contributed by atoms with E-state index in [1.807, 2.05) is 49.5 Å². The molecule has 2 aromatic heterocycles. The summed E-state index contributed by atoms with van der Waals surface area (Å²) in [6.07, 6.45) is 1.86. The van der Waals surface area contributed by atoms with Gasteiger partial charge in [-0.15, -0.1) is 0 Å². The number of hydrogen-bond acceptors (Lipinski definition) is 5. The van der Waals surface area contributed by atoms with E-state index in [9.17, 15) is 0 Å². The molecule has 0 radical (unpaired) electrons. The zero-order valence-corrected chi connectivity index (χ0v) is 13.1. The standard InChI is InChI=1S/C18H14N4O2/c1-12-3-2-4-15(20-12)18-14(10-22(21-18)8-7-19)13-5-6-16-17(9-13)24-11-23-16/h2-6,9-10H,8,11H2,1H3. The predicted octanol–water partition coefficient (Wildman–Crippen LogP) is 3.17. The Morgan fingerprint density at radius 3 is 2.92 bits per heavy atom. The van der Waals surface area contributed by atoms with Gasteiger partial charge < -0.3 is 9.47 Å². The summed E-state index contributed by atoms with van der Waals surface area (Å²) in [5.41, 5.74) is 4.29. The van der Waals surface area contributed by atoms with Crippen LogP contribution in [0.3, 0.4) is 0 Å². The molecule has 0 N–H and O–H groups in total. The van der Waals surface area contributed by atoms with Crippen LogP contribution in [0.25, 0.3) is 22.5 Å². The van der Waals surface area contributed by atoms with Crippen molar-refractivity contribution in [3.05, 3.63) is 48.3 Å². The molecule has 1 aliphatic heterocycles. The van der Waals surface area contributed by atoms with E-state index in [1.165, 1.54) is 0 Å². The lowest BCUT2D eigenvalue weighted by Gasteiger charge is -2.04. The summed E-state index contributed by atoms with van der Waals surface area (Å²) in [6, 6.07) is 13.7. The minimum absolute atomic E-state index is 0.184. The van der Waals surface area contributed by atoms with Crippen molar-refractivity contribution in [1.82, 2.24) is 14.8 Å². The Balaban J connectivity index is 1.86. The van der Waals surface area contributed by atoms with Crippen LogP contribution in [0.4, 0.5) is 0 Å². The second kappa shape index (κ2) is 5.70. The molecule has 0 saturated carbocycles. The largest absolute Gasteiger partial charge is 0.454 e. The number of pyridine rings is 1. The number of fused-ring (bicyclic) bond motifs is 1. The first-order valence-corrected chi connectivity index (χ1v) is 7.53. The number of aryl methyl sites for hydroxylation is 1. The fourth-order valence-electron chi connectivity index (χ4n) is 2.71. The van der Waals surface area contributed by atoms with Crippen LogP contribution in [0.2, 0.25) is 0 Å². The molecule has 6 nitrogen and oxygen atoms in total. The fourth-order valence-corrected chi connectivity index (χ4v) is 2.71. The third-order valence-electron chi connectivity index (χ3n) is 3.81. The van der Waals surface area contributed by atoms with E-state index in [-0.39, 0.29) is 13.3 Å². The van der Waals surface area contributed by atoms with Crippen LogP contribution in [0.5, 0.6) is 11.5 Å². The molecule has 1 aromatic carbocycles. The first-order valence-electron chi connectivity index (χ1n) is 7.53. The summed E-state index contributed by atoms with van der Waals surface area (Å²) in [7, 11) is 0. The van der Waals surface area contributed by atoms with E-state index in [2.05, 4.69) is 16.2 Å². The SMILES string of the molecule is Cc1cccc(-c2nn(CC#N)cc2-c2ccc3c(c2)OCO3)n1. The second-order valence-corrected chi connectivity index (χ2v) is 5.48. The summed E-state index contributed by atoms with van der Waals surface area (Å²) in [4.78, 5) is 4.56. The van der Waals surface area contributed by atoms with E-state index < -0.39 is 0 Å². The highest BCUT2D eigenvalue weighted by molar-refractivity contribution is 5.80. The van der Waals surface area contributed by atoms with E-state index >= 15 is 0 Å². The number of aromatic nitrogens is 3. The highest BCUT2D eigenvalue weighted by atomic mass is 16.7. The highest BCUT2D eigenvalue weighted by Gasteiger charge is 2.18. The molecule has 6 heteroatoms. The van der Waals surface area contributed by atoms with Crippen molar-refractivity contribution in [2.45, 2.75) is 13.5 Å². The molecule has 0 unspecified atom stereocenters. The lowest BCUT2D eigenvalue weighted by molar-refractivity contribution is 0.174. The molecule has 0 bridgehead atoms. The first kappa shape index (κ1) is 14.3. The van der Waals surface area contributed by atoms with Crippen molar-refractivity contribution in [3.63, 3.8) is 0 Å². The molecule has 0 amide bonds. The highest BCUT2D eigenvalue weighted by Crippen LogP contribution is 2.38. The van der Waals surface area contributed by atoms with E-state index in [4.69, 9.17) is 14.7 Å². The number of nitrogens with zero attached hydrogens (tertiary/aromatic N) is 4. The normalized spacial score (nSPS) is 12.2. The number of ether oxygens (including phenoxy) is 2. The zero-order chi connectivity index (χ0) is 16.5. The Labute approximate surface area is 138 Å². The summed E-state index contributed by atoms with van der Waals surface area (Å²) in [5, 5.41) is 13.5. The molecule has 1 aliphatic rings. The summed E-state index contributed by atoms with van der Waals surface area (Å²) >= 11 is 0. The Morgan fingerprint density at radius 2 is 2.08 bits per heavy atom. The third-order valence-corrected chi connectivity index (χ3v) is 3.81. The van der Waals surface area contributed by atoms with Crippen LogP contribution in [-0.2, 0) is 6.54 Å². The molecule has 3 heterocycles. The lowest BCUT2D eigenvalue weighted by Crippen LogP contribution is -1.96. The van der Waals surface area contributed by atoms with Gasteiger partial charge in [0.25, 0.3) is 0 Å². The first-order chi connectivity index (χ1) is 11.7. The van der Waals surface area contributed by atoms with Crippen LogP contribution in [-0.4, -0.2) is 21.6 Å². The minimum atomic E-state index is 0.184. The quantitative estimate of drug-likeness (QED) is 0.741. The Bertz CT molecular complexity index is 956. The van der Waals surface area contributed by atoms with Gasteiger partial charge >= 0.3 is 0 Å². The topological polar surface area (TPSA) is 73.0 Å². The Hall–Kier alpha value is -3.33. The van der Waals surface area contributed by atoms with Gasteiger partial charge in [0.15, 0.2) is 11.5 Å². The molecule has 3 aromatic rings.